The van der Waals surface area contributed by atoms with Gasteiger partial charge in [-0.1, -0.05) is 12.5 Å². The third kappa shape index (κ3) is 7.96. The third-order valence-electron chi connectivity index (χ3n) is 8.41. The van der Waals surface area contributed by atoms with Crippen LogP contribution in [0.5, 0.6) is 0 Å². The molecule has 2 N–H and O–H groups in total. The molecule has 9 nitrogen and oxygen atoms in total. The van der Waals surface area contributed by atoms with E-state index in [1.165, 1.54) is 12.8 Å². The molecule has 3 fully saturated rings. The largest absolute Gasteiger partial charge is 0.462 e. The van der Waals surface area contributed by atoms with E-state index in [2.05, 4.69) is 14.8 Å². The van der Waals surface area contributed by atoms with Crippen molar-refractivity contribution in [1.29, 1.82) is 0 Å². The Morgan fingerprint density at radius 1 is 0.946 bits per heavy atom. The van der Waals surface area contributed by atoms with E-state index in [4.69, 9.17) is 4.74 Å². The van der Waals surface area contributed by atoms with Crippen molar-refractivity contribution in [3.63, 3.8) is 0 Å². The second-order valence-corrected chi connectivity index (χ2v) is 11.0. The minimum atomic E-state index is -1.16. The van der Waals surface area contributed by atoms with E-state index in [1.807, 2.05) is 23.1 Å². The molecule has 0 radical (unpaired) electrons. The number of hydrogen-bond donors (Lipinski definition) is 2. The van der Waals surface area contributed by atoms with Gasteiger partial charge in [0.2, 0.25) is 5.91 Å². The molecule has 0 aliphatic carbocycles. The highest BCUT2D eigenvalue weighted by Gasteiger charge is 2.42. The highest BCUT2D eigenvalue weighted by atomic mass is 16.5. The zero-order valence-corrected chi connectivity index (χ0v) is 22.1. The molecule has 2 atom stereocenters. The molecular formula is C28H44N4O5. The summed E-state index contributed by atoms with van der Waals surface area (Å²) in [5, 5.41) is 21.0. The van der Waals surface area contributed by atoms with E-state index in [0.717, 1.165) is 57.8 Å². The second kappa shape index (κ2) is 13.6. The number of rotatable bonds is 5. The molecule has 4 heterocycles. The van der Waals surface area contributed by atoms with E-state index in [1.54, 1.807) is 6.20 Å². The van der Waals surface area contributed by atoms with Crippen LogP contribution in [0.25, 0.3) is 0 Å². The number of cyclic esters (lactones) is 1. The number of carbonyl (C=O) groups is 2. The SMILES string of the molecule is O=C(CCN1CCCC1)N1CCCCC2(CCN(Cc3ccccn3)CC2)C(=O)OC[C@@H](O)[C@@H](O)CC1. The van der Waals surface area contributed by atoms with Crippen molar-refractivity contribution in [1.82, 2.24) is 19.7 Å². The van der Waals surface area contributed by atoms with Crippen LogP contribution in [0, 0.1) is 5.41 Å². The van der Waals surface area contributed by atoms with Crippen molar-refractivity contribution in [3.8, 4) is 0 Å². The smallest absolute Gasteiger partial charge is 0.312 e. The summed E-state index contributed by atoms with van der Waals surface area (Å²) in [6, 6.07) is 5.91. The van der Waals surface area contributed by atoms with Crippen molar-refractivity contribution in [2.75, 3.05) is 52.4 Å². The number of piperidine rings is 1. The highest BCUT2D eigenvalue weighted by Crippen LogP contribution is 2.38. The van der Waals surface area contributed by atoms with E-state index in [9.17, 15) is 19.8 Å². The van der Waals surface area contributed by atoms with Gasteiger partial charge in [0, 0.05) is 38.8 Å². The first kappa shape index (κ1) is 28.0. The predicted molar refractivity (Wildman–Crippen MR) is 139 cm³/mol. The number of hydrogen-bond acceptors (Lipinski definition) is 8. The Bertz CT molecular complexity index is 855. The number of aromatic nitrogens is 1. The maximum absolute atomic E-state index is 13.3. The zero-order chi connectivity index (χ0) is 26.1. The van der Waals surface area contributed by atoms with Gasteiger partial charge in [-0.3, -0.25) is 19.5 Å². The monoisotopic (exact) mass is 516 g/mol. The number of aliphatic hydroxyl groups excluding tert-OH is 2. The average Bonchev–Trinajstić information content (AvgIpc) is 3.44. The molecule has 1 amide bonds. The van der Waals surface area contributed by atoms with E-state index >= 15 is 0 Å². The number of likely N-dealkylation sites (tertiary alicyclic amines) is 2. The van der Waals surface area contributed by atoms with Gasteiger partial charge in [-0.2, -0.15) is 0 Å². The van der Waals surface area contributed by atoms with Gasteiger partial charge in [0.15, 0.2) is 0 Å². The minimum absolute atomic E-state index is 0.105. The lowest BCUT2D eigenvalue weighted by Gasteiger charge is -2.40. The number of nitrogens with zero attached hydrogens (tertiary/aromatic N) is 4. The van der Waals surface area contributed by atoms with Crippen LogP contribution < -0.4 is 0 Å². The molecule has 1 spiro atoms. The third-order valence-corrected chi connectivity index (χ3v) is 8.41. The van der Waals surface area contributed by atoms with E-state index in [-0.39, 0.29) is 24.9 Å². The summed E-state index contributed by atoms with van der Waals surface area (Å²) in [7, 11) is 0. The lowest BCUT2D eigenvalue weighted by atomic mass is 9.74. The normalized spacial score (nSPS) is 26.8. The number of pyridine rings is 1. The molecule has 206 valence electrons. The molecule has 0 aromatic carbocycles. The van der Waals surface area contributed by atoms with Gasteiger partial charge in [0.05, 0.1) is 17.2 Å². The summed E-state index contributed by atoms with van der Waals surface area (Å²) in [5.74, 6) is -0.164. The van der Waals surface area contributed by atoms with Crippen molar-refractivity contribution >= 4 is 11.9 Å². The highest BCUT2D eigenvalue weighted by molar-refractivity contribution is 5.77. The van der Waals surface area contributed by atoms with Gasteiger partial charge in [-0.15, -0.1) is 0 Å². The molecular weight excluding hydrogens is 472 g/mol. The van der Waals surface area contributed by atoms with Crippen LogP contribution in [0.1, 0.15) is 63.5 Å². The van der Waals surface area contributed by atoms with Gasteiger partial charge in [-0.25, -0.2) is 0 Å². The Morgan fingerprint density at radius 2 is 1.70 bits per heavy atom. The van der Waals surface area contributed by atoms with Crippen molar-refractivity contribution in [2.45, 2.75) is 76.5 Å². The Morgan fingerprint density at radius 3 is 2.43 bits per heavy atom. The molecule has 3 aliphatic heterocycles. The summed E-state index contributed by atoms with van der Waals surface area (Å²) in [6.45, 7) is 6.00. The van der Waals surface area contributed by atoms with Gasteiger partial charge in [0.25, 0.3) is 0 Å². The molecule has 4 rings (SSSR count). The maximum Gasteiger partial charge on any atom is 0.312 e. The Kier molecular flexibility index (Phi) is 10.3. The molecule has 1 aromatic heterocycles. The fourth-order valence-corrected chi connectivity index (χ4v) is 5.87. The molecule has 3 aliphatic rings. The number of carbonyl (C=O) groups excluding carboxylic acids is 2. The Hall–Kier alpha value is -2.07. The number of esters is 1. The first-order valence-corrected chi connectivity index (χ1v) is 14.1. The average molecular weight is 517 g/mol. The molecule has 1 aromatic rings. The molecule has 0 bridgehead atoms. The number of aliphatic hydroxyl groups is 2. The molecule has 3 saturated heterocycles. The first-order chi connectivity index (χ1) is 17.9. The quantitative estimate of drug-likeness (QED) is 0.571. The fraction of sp³-hybridized carbons (Fsp3) is 0.750. The summed E-state index contributed by atoms with van der Waals surface area (Å²) in [6.07, 6.45) is 6.47. The lowest BCUT2D eigenvalue weighted by molar-refractivity contribution is -0.165. The standard InChI is InChI=1S/C28H44N4O5/c33-24-8-18-32(26(35)9-17-30-14-5-6-15-30)16-4-2-10-28(27(36)37-22-25(24)34)11-19-31(20-12-28)21-23-7-1-3-13-29-23/h1,3,7,13,24-25,33-34H,2,4-6,8-12,14-22H2/t24-,25+/m0/s1. The van der Waals surface area contributed by atoms with Crippen LogP contribution in [-0.4, -0.2) is 106 Å². The summed E-state index contributed by atoms with van der Waals surface area (Å²) in [5.41, 5.74) is 0.423. The molecule has 0 saturated carbocycles. The minimum Gasteiger partial charge on any atom is -0.462 e. The molecule has 37 heavy (non-hydrogen) atoms. The van der Waals surface area contributed by atoms with Crippen molar-refractivity contribution in [2.24, 2.45) is 5.41 Å². The summed E-state index contributed by atoms with van der Waals surface area (Å²) in [4.78, 5) is 37.2. The van der Waals surface area contributed by atoms with E-state index in [0.29, 0.717) is 38.8 Å². The zero-order valence-electron chi connectivity index (χ0n) is 22.1. The van der Waals surface area contributed by atoms with Crippen LogP contribution in [0.3, 0.4) is 0 Å². The second-order valence-electron chi connectivity index (χ2n) is 11.0. The molecule has 0 unspecified atom stereocenters. The van der Waals surface area contributed by atoms with Gasteiger partial charge in [-0.05, 0) is 83.3 Å². The van der Waals surface area contributed by atoms with Crippen molar-refractivity contribution in [3.05, 3.63) is 30.1 Å². The van der Waals surface area contributed by atoms with Gasteiger partial charge < -0.3 is 24.7 Å². The topological polar surface area (TPSA) is 106 Å². The summed E-state index contributed by atoms with van der Waals surface area (Å²) < 4.78 is 5.59. The number of amides is 1. The fourth-order valence-electron chi connectivity index (χ4n) is 5.87. The predicted octanol–water partition coefficient (Wildman–Crippen LogP) is 1.82. The van der Waals surface area contributed by atoms with Crippen LogP contribution in [0.4, 0.5) is 0 Å². The van der Waals surface area contributed by atoms with Crippen LogP contribution in [-0.2, 0) is 20.9 Å². The van der Waals surface area contributed by atoms with Crippen LogP contribution >= 0.6 is 0 Å². The van der Waals surface area contributed by atoms with Gasteiger partial charge >= 0.3 is 5.97 Å². The lowest BCUT2D eigenvalue weighted by Crippen LogP contribution is -2.46. The summed E-state index contributed by atoms with van der Waals surface area (Å²) >= 11 is 0. The Balaban J connectivity index is 1.36. The molecule has 9 heteroatoms. The number of ether oxygens (including phenoxy) is 1. The maximum atomic E-state index is 13.3. The first-order valence-electron chi connectivity index (χ1n) is 14.1. The van der Waals surface area contributed by atoms with Gasteiger partial charge in [0.1, 0.15) is 12.7 Å². The van der Waals surface area contributed by atoms with E-state index < -0.39 is 17.6 Å². The van der Waals surface area contributed by atoms with Crippen molar-refractivity contribution < 1.29 is 24.5 Å². The van der Waals surface area contributed by atoms with Crippen LogP contribution in [0.2, 0.25) is 0 Å². The van der Waals surface area contributed by atoms with Crippen LogP contribution in [0.15, 0.2) is 24.4 Å². The Labute approximate surface area is 220 Å².